The summed E-state index contributed by atoms with van der Waals surface area (Å²) >= 11 is 0. The fourth-order valence-electron chi connectivity index (χ4n) is 2.95. The molecule has 3 rings (SSSR count). The molecule has 30 heavy (non-hydrogen) atoms. The second-order valence-corrected chi connectivity index (χ2v) is 6.36. The summed E-state index contributed by atoms with van der Waals surface area (Å²) < 4.78 is 5.11. The Morgan fingerprint density at radius 1 is 1.13 bits per heavy atom. The second-order valence-electron chi connectivity index (χ2n) is 6.36. The normalized spacial score (nSPS) is 10.9. The number of phenolic OH excluding ortho intramolecular Hbond substituents is 1. The number of nitrogens with two attached hydrogens (primary N) is 1. The number of nitriles is 1. The molecule has 3 aromatic rings. The van der Waals surface area contributed by atoms with Crippen molar-refractivity contribution < 1.29 is 14.6 Å². The summed E-state index contributed by atoms with van der Waals surface area (Å²) in [6, 6.07) is 21.0. The van der Waals surface area contributed by atoms with E-state index in [4.69, 9.17) is 10.5 Å². The molecule has 0 saturated heterocycles. The largest absolute Gasteiger partial charge is 0.507 e. The van der Waals surface area contributed by atoms with E-state index in [9.17, 15) is 15.2 Å². The molecule has 3 aromatic carbocycles. The Morgan fingerprint density at radius 2 is 1.83 bits per heavy atom. The summed E-state index contributed by atoms with van der Waals surface area (Å²) in [4.78, 5) is 17.0. The summed E-state index contributed by atoms with van der Waals surface area (Å²) in [5.41, 5.74) is 7.94. The zero-order valence-electron chi connectivity index (χ0n) is 16.3. The number of rotatable bonds is 5. The molecular formula is C23H20N4O3. The quantitative estimate of drug-likeness (QED) is 0.449. The molecule has 7 nitrogen and oxygen atoms in total. The lowest BCUT2D eigenvalue weighted by Crippen LogP contribution is -2.37. The van der Waals surface area contributed by atoms with Gasteiger partial charge in [0, 0.05) is 5.56 Å². The smallest absolute Gasteiger partial charge is 0.262 e. The SMILES string of the molecule is COc1ccc(CN=C(N)NC(=O)c2c(O)ccc(C#N)c2-c2ccccc2)cc1. The molecule has 4 N–H and O–H groups in total. The van der Waals surface area contributed by atoms with Gasteiger partial charge in [-0.2, -0.15) is 5.26 Å². The number of methoxy groups -OCH3 is 1. The van der Waals surface area contributed by atoms with Crippen molar-refractivity contribution in [1.82, 2.24) is 5.32 Å². The first kappa shape index (κ1) is 20.4. The van der Waals surface area contributed by atoms with E-state index in [0.29, 0.717) is 11.1 Å². The van der Waals surface area contributed by atoms with Crippen molar-refractivity contribution in [3.05, 3.63) is 83.4 Å². The lowest BCUT2D eigenvalue weighted by molar-refractivity contribution is 0.0974. The van der Waals surface area contributed by atoms with Gasteiger partial charge in [-0.3, -0.25) is 10.1 Å². The van der Waals surface area contributed by atoms with E-state index in [1.165, 1.54) is 12.1 Å². The Bertz CT molecular complexity index is 1120. The molecule has 0 aliphatic heterocycles. The molecule has 7 heteroatoms. The summed E-state index contributed by atoms with van der Waals surface area (Å²) in [5, 5.41) is 22.3. The molecule has 0 aliphatic carbocycles. The molecule has 0 aliphatic rings. The van der Waals surface area contributed by atoms with Gasteiger partial charge in [0.1, 0.15) is 11.5 Å². The number of guanidine groups is 1. The van der Waals surface area contributed by atoms with Crippen LogP contribution in [0.3, 0.4) is 0 Å². The van der Waals surface area contributed by atoms with E-state index in [2.05, 4.69) is 16.4 Å². The van der Waals surface area contributed by atoms with E-state index in [-0.39, 0.29) is 29.4 Å². The zero-order valence-corrected chi connectivity index (χ0v) is 16.3. The van der Waals surface area contributed by atoms with Gasteiger partial charge in [0.2, 0.25) is 0 Å². The van der Waals surface area contributed by atoms with Crippen LogP contribution >= 0.6 is 0 Å². The van der Waals surface area contributed by atoms with Crippen LogP contribution in [0.15, 0.2) is 71.7 Å². The van der Waals surface area contributed by atoms with Crippen LogP contribution in [0.5, 0.6) is 11.5 Å². The standard InChI is InChI=1S/C23H20N4O3/c1-30-18-10-7-15(8-11-18)14-26-23(25)27-22(29)21-19(28)12-9-17(13-24)20(21)16-5-3-2-4-6-16/h2-12,28H,14H2,1H3,(H3,25,26,27,29). The summed E-state index contributed by atoms with van der Waals surface area (Å²) in [7, 11) is 1.58. The highest BCUT2D eigenvalue weighted by Crippen LogP contribution is 2.33. The second kappa shape index (κ2) is 9.26. The van der Waals surface area contributed by atoms with Crippen molar-refractivity contribution in [2.75, 3.05) is 7.11 Å². The number of nitrogens with zero attached hydrogens (tertiary/aromatic N) is 2. The first-order valence-corrected chi connectivity index (χ1v) is 9.09. The van der Waals surface area contributed by atoms with Gasteiger partial charge in [-0.05, 0) is 35.4 Å². The average Bonchev–Trinajstić information content (AvgIpc) is 2.78. The van der Waals surface area contributed by atoms with Crippen LogP contribution in [0.4, 0.5) is 0 Å². The van der Waals surface area contributed by atoms with Crippen molar-refractivity contribution in [3.63, 3.8) is 0 Å². The molecule has 0 fully saturated rings. The number of amides is 1. The van der Waals surface area contributed by atoms with Crippen molar-refractivity contribution >= 4 is 11.9 Å². The van der Waals surface area contributed by atoms with Crippen LogP contribution in [0.1, 0.15) is 21.5 Å². The number of benzene rings is 3. The summed E-state index contributed by atoms with van der Waals surface area (Å²) in [6.07, 6.45) is 0. The van der Waals surface area contributed by atoms with Crippen molar-refractivity contribution in [3.8, 4) is 28.7 Å². The molecule has 0 spiro atoms. The Labute approximate surface area is 174 Å². The van der Waals surface area contributed by atoms with Crippen LogP contribution in [-0.2, 0) is 6.54 Å². The van der Waals surface area contributed by atoms with E-state index in [1.807, 2.05) is 18.2 Å². The minimum absolute atomic E-state index is 0.0390. The monoisotopic (exact) mass is 400 g/mol. The molecule has 0 radical (unpaired) electrons. The third-order valence-corrected chi connectivity index (χ3v) is 4.43. The Morgan fingerprint density at radius 3 is 2.47 bits per heavy atom. The number of phenols is 1. The molecule has 0 aromatic heterocycles. The highest BCUT2D eigenvalue weighted by molar-refractivity contribution is 6.11. The van der Waals surface area contributed by atoms with E-state index in [1.54, 1.807) is 43.5 Å². The summed E-state index contributed by atoms with van der Waals surface area (Å²) in [6.45, 7) is 0.256. The molecule has 0 saturated carbocycles. The predicted molar refractivity (Wildman–Crippen MR) is 114 cm³/mol. The van der Waals surface area contributed by atoms with Gasteiger partial charge in [-0.15, -0.1) is 0 Å². The molecule has 1 amide bonds. The fraction of sp³-hybridized carbons (Fsp3) is 0.0870. The number of hydrogen-bond acceptors (Lipinski definition) is 5. The number of ether oxygens (including phenoxy) is 1. The number of carbonyl (C=O) groups excluding carboxylic acids is 1. The van der Waals surface area contributed by atoms with Crippen LogP contribution < -0.4 is 15.8 Å². The Hall–Kier alpha value is -4.31. The van der Waals surface area contributed by atoms with Gasteiger partial charge in [0.05, 0.1) is 30.9 Å². The van der Waals surface area contributed by atoms with E-state index >= 15 is 0 Å². The van der Waals surface area contributed by atoms with Crippen molar-refractivity contribution in [2.24, 2.45) is 10.7 Å². The highest BCUT2D eigenvalue weighted by atomic mass is 16.5. The van der Waals surface area contributed by atoms with E-state index in [0.717, 1.165) is 11.3 Å². The van der Waals surface area contributed by atoms with Crippen LogP contribution in [0.2, 0.25) is 0 Å². The fourth-order valence-corrected chi connectivity index (χ4v) is 2.95. The van der Waals surface area contributed by atoms with Crippen LogP contribution in [0.25, 0.3) is 11.1 Å². The number of nitrogens with one attached hydrogen (secondary N) is 1. The molecule has 0 bridgehead atoms. The molecule has 0 heterocycles. The minimum atomic E-state index is -0.653. The highest BCUT2D eigenvalue weighted by Gasteiger charge is 2.21. The first-order valence-electron chi connectivity index (χ1n) is 9.09. The number of aromatic hydroxyl groups is 1. The Balaban J connectivity index is 1.86. The predicted octanol–water partition coefficient (Wildman–Crippen LogP) is 3.18. The number of carbonyl (C=O) groups is 1. The topological polar surface area (TPSA) is 121 Å². The maximum atomic E-state index is 12.9. The van der Waals surface area contributed by atoms with Crippen LogP contribution in [0, 0.1) is 11.3 Å². The van der Waals surface area contributed by atoms with Crippen molar-refractivity contribution in [1.29, 1.82) is 5.26 Å². The van der Waals surface area contributed by atoms with Crippen molar-refractivity contribution in [2.45, 2.75) is 6.54 Å². The van der Waals surface area contributed by atoms with Gasteiger partial charge in [0.25, 0.3) is 5.91 Å². The van der Waals surface area contributed by atoms with Crippen LogP contribution in [-0.4, -0.2) is 24.1 Å². The van der Waals surface area contributed by atoms with Gasteiger partial charge < -0.3 is 15.6 Å². The van der Waals surface area contributed by atoms with E-state index < -0.39 is 5.91 Å². The third-order valence-electron chi connectivity index (χ3n) is 4.43. The lowest BCUT2D eigenvalue weighted by Gasteiger charge is -2.13. The lowest BCUT2D eigenvalue weighted by atomic mass is 9.93. The molecule has 150 valence electrons. The minimum Gasteiger partial charge on any atom is -0.507 e. The first-order chi connectivity index (χ1) is 14.5. The molecule has 0 unspecified atom stereocenters. The number of aliphatic imine (C=N–C) groups is 1. The maximum Gasteiger partial charge on any atom is 0.262 e. The van der Waals surface area contributed by atoms with Gasteiger partial charge in [-0.1, -0.05) is 42.5 Å². The average molecular weight is 400 g/mol. The maximum absolute atomic E-state index is 12.9. The van der Waals surface area contributed by atoms with Gasteiger partial charge >= 0.3 is 0 Å². The third kappa shape index (κ3) is 4.56. The molecule has 0 atom stereocenters. The summed E-state index contributed by atoms with van der Waals surface area (Å²) in [5.74, 6) is -0.283. The molecular weight excluding hydrogens is 380 g/mol. The Kier molecular flexibility index (Phi) is 6.30. The zero-order chi connectivity index (χ0) is 21.5. The van der Waals surface area contributed by atoms with Gasteiger partial charge in [-0.25, -0.2) is 4.99 Å². The van der Waals surface area contributed by atoms with Gasteiger partial charge in [0.15, 0.2) is 5.96 Å². The number of hydrogen-bond donors (Lipinski definition) is 3.